The van der Waals surface area contributed by atoms with Gasteiger partial charge in [0, 0.05) is 12.1 Å². The van der Waals surface area contributed by atoms with Crippen LogP contribution in [0.15, 0.2) is 48.5 Å². The summed E-state index contributed by atoms with van der Waals surface area (Å²) in [5.74, 6) is 1.42. The first-order chi connectivity index (χ1) is 10.8. The zero-order valence-electron chi connectivity index (χ0n) is 13.0. The van der Waals surface area contributed by atoms with Crippen molar-refractivity contribution >= 4 is 18.2 Å². The van der Waals surface area contributed by atoms with Gasteiger partial charge in [-0.05, 0) is 30.2 Å². The Morgan fingerprint density at radius 3 is 2.61 bits per heavy atom. The smallest absolute Gasteiger partial charge is 0.231 e. The maximum absolute atomic E-state index is 12.6. The van der Waals surface area contributed by atoms with Crippen LogP contribution < -0.4 is 14.8 Å². The highest BCUT2D eigenvalue weighted by atomic mass is 35.5. The Balaban J connectivity index is 0.00000192. The third kappa shape index (κ3) is 4.03. The molecule has 0 fully saturated rings. The molecule has 0 aromatic heterocycles. The lowest BCUT2D eigenvalue weighted by Crippen LogP contribution is -2.35. The Kier molecular flexibility index (Phi) is 6.02. The van der Waals surface area contributed by atoms with Gasteiger partial charge in [0.1, 0.15) is 0 Å². The van der Waals surface area contributed by atoms with E-state index < -0.39 is 0 Å². The van der Waals surface area contributed by atoms with E-state index in [9.17, 15) is 4.79 Å². The van der Waals surface area contributed by atoms with Crippen LogP contribution in [0.2, 0.25) is 0 Å². The lowest BCUT2D eigenvalue weighted by atomic mass is 10.0. The molecule has 5 heteroatoms. The van der Waals surface area contributed by atoms with Crippen LogP contribution in [-0.4, -0.2) is 18.6 Å². The summed E-state index contributed by atoms with van der Waals surface area (Å²) in [4.78, 5) is 12.6. The maximum atomic E-state index is 12.6. The lowest BCUT2D eigenvalue weighted by molar-refractivity contribution is 0.0939. The van der Waals surface area contributed by atoms with E-state index >= 15 is 0 Å². The summed E-state index contributed by atoms with van der Waals surface area (Å²) >= 11 is 0. The predicted octanol–water partition coefficient (Wildman–Crippen LogP) is 3.59. The number of nitrogens with one attached hydrogen (secondary N) is 1. The summed E-state index contributed by atoms with van der Waals surface area (Å²) in [5, 5.41) is 3.33. The SMILES string of the molecule is CCC(NCc1ccccc1)C(=O)c1ccc2c(c1)OCO2.Cl. The zero-order chi connectivity index (χ0) is 15.4. The summed E-state index contributed by atoms with van der Waals surface area (Å²) in [6, 6.07) is 15.2. The summed E-state index contributed by atoms with van der Waals surface area (Å²) in [7, 11) is 0. The fourth-order valence-corrected chi connectivity index (χ4v) is 2.51. The van der Waals surface area contributed by atoms with Gasteiger partial charge in [0.2, 0.25) is 6.79 Å². The molecule has 1 N–H and O–H groups in total. The minimum Gasteiger partial charge on any atom is -0.454 e. The topological polar surface area (TPSA) is 47.6 Å². The van der Waals surface area contributed by atoms with Gasteiger partial charge in [-0.3, -0.25) is 4.79 Å². The van der Waals surface area contributed by atoms with Gasteiger partial charge in [0.25, 0.3) is 0 Å². The second kappa shape index (κ2) is 7.99. The number of hydrogen-bond donors (Lipinski definition) is 1. The van der Waals surface area contributed by atoms with Crippen LogP contribution in [0.1, 0.15) is 29.3 Å². The quantitative estimate of drug-likeness (QED) is 0.821. The molecule has 0 amide bonds. The molecular weight excluding hydrogens is 314 g/mol. The largest absolute Gasteiger partial charge is 0.454 e. The highest BCUT2D eigenvalue weighted by molar-refractivity contribution is 6.00. The molecule has 0 spiro atoms. The molecule has 4 nitrogen and oxygen atoms in total. The monoisotopic (exact) mass is 333 g/mol. The van der Waals surface area contributed by atoms with Crippen LogP contribution in [0, 0.1) is 0 Å². The standard InChI is InChI=1S/C18H19NO3.ClH/c1-2-15(19-11-13-6-4-3-5-7-13)18(20)14-8-9-16-17(10-14)22-12-21-16;/h3-10,15,19H,2,11-12H2,1H3;1H. The molecule has 0 saturated heterocycles. The van der Waals surface area contributed by atoms with Gasteiger partial charge >= 0.3 is 0 Å². The molecule has 0 saturated carbocycles. The van der Waals surface area contributed by atoms with Gasteiger partial charge in [-0.15, -0.1) is 12.4 Å². The summed E-state index contributed by atoms with van der Waals surface area (Å²) < 4.78 is 10.6. The number of hydrogen-bond acceptors (Lipinski definition) is 4. The van der Waals surface area contributed by atoms with Crippen LogP contribution in [0.3, 0.4) is 0 Å². The molecule has 1 heterocycles. The number of ether oxygens (including phenoxy) is 2. The molecule has 1 aliphatic heterocycles. The normalized spacial score (nSPS) is 13.3. The minimum atomic E-state index is -0.208. The van der Waals surface area contributed by atoms with Crippen molar-refractivity contribution in [3.05, 3.63) is 59.7 Å². The Morgan fingerprint density at radius 2 is 1.87 bits per heavy atom. The Labute approximate surface area is 142 Å². The number of Topliss-reactive ketones (excluding diaryl/α,β-unsaturated/α-hetero) is 1. The number of fused-ring (bicyclic) bond motifs is 1. The van der Waals surface area contributed by atoms with E-state index in [4.69, 9.17) is 9.47 Å². The molecule has 3 rings (SSSR count). The second-order valence-corrected chi connectivity index (χ2v) is 5.26. The number of benzene rings is 2. The van der Waals surface area contributed by atoms with Crippen LogP contribution in [0.4, 0.5) is 0 Å². The molecule has 122 valence electrons. The zero-order valence-corrected chi connectivity index (χ0v) is 13.8. The fraction of sp³-hybridized carbons (Fsp3) is 0.278. The summed E-state index contributed by atoms with van der Waals surface area (Å²) in [6.45, 7) is 2.90. The second-order valence-electron chi connectivity index (χ2n) is 5.26. The number of ketones is 1. The highest BCUT2D eigenvalue weighted by Gasteiger charge is 2.21. The molecule has 2 aromatic carbocycles. The van der Waals surface area contributed by atoms with Gasteiger partial charge in [-0.1, -0.05) is 37.3 Å². The van der Waals surface area contributed by atoms with Crippen molar-refractivity contribution in [1.82, 2.24) is 5.32 Å². The molecule has 2 aromatic rings. The molecular formula is C18H20ClNO3. The Morgan fingerprint density at radius 1 is 1.13 bits per heavy atom. The van der Waals surface area contributed by atoms with Gasteiger partial charge in [-0.2, -0.15) is 0 Å². The van der Waals surface area contributed by atoms with Gasteiger partial charge < -0.3 is 14.8 Å². The molecule has 0 radical (unpaired) electrons. The molecule has 23 heavy (non-hydrogen) atoms. The average molecular weight is 334 g/mol. The van der Waals surface area contributed by atoms with Crippen LogP contribution in [0.5, 0.6) is 11.5 Å². The first-order valence-corrected chi connectivity index (χ1v) is 7.49. The predicted molar refractivity (Wildman–Crippen MR) is 91.5 cm³/mol. The van der Waals surface area contributed by atoms with E-state index in [1.807, 2.05) is 37.3 Å². The van der Waals surface area contributed by atoms with Crippen molar-refractivity contribution in [3.8, 4) is 11.5 Å². The van der Waals surface area contributed by atoms with Gasteiger partial charge in [-0.25, -0.2) is 0 Å². The number of halogens is 1. The van der Waals surface area contributed by atoms with E-state index in [1.54, 1.807) is 18.2 Å². The molecule has 1 unspecified atom stereocenters. The fourth-order valence-electron chi connectivity index (χ4n) is 2.51. The number of rotatable bonds is 6. The van der Waals surface area contributed by atoms with E-state index in [0.717, 1.165) is 6.42 Å². The highest BCUT2D eigenvalue weighted by Crippen LogP contribution is 2.32. The van der Waals surface area contributed by atoms with E-state index in [-0.39, 0.29) is 31.0 Å². The van der Waals surface area contributed by atoms with Crippen molar-refractivity contribution in [2.45, 2.75) is 25.9 Å². The van der Waals surface area contributed by atoms with Crippen LogP contribution >= 0.6 is 12.4 Å². The average Bonchev–Trinajstić information content (AvgIpc) is 3.03. The summed E-state index contributed by atoms with van der Waals surface area (Å²) in [5.41, 5.74) is 1.82. The minimum absolute atomic E-state index is 0. The third-order valence-electron chi connectivity index (χ3n) is 3.78. The van der Waals surface area contributed by atoms with Crippen molar-refractivity contribution in [1.29, 1.82) is 0 Å². The third-order valence-corrected chi connectivity index (χ3v) is 3.78. The molecule has 1 atom stereocenters. The van der Waals surface area contributed by atoms with E-state index in [1.165, 1.54) is 5.56 Å². The van der Waals surface area contributed by atoms with Gasteiger partial charge in [0.15, 0.2) is 17.3 Å². The lowest BCUT2D eigenvalue weighted by Gasteiger charge is -2.16. The Hall–Kier alpha value is -2.04. The first kappa shape index (κ1) is 17.3. The number of carbonyl (C=O) groups is 1. The maximum Gasteiger partial charge on any atom is 0.231 e. The van der Waals surface area contributed by atoms with E-state index in [0.29, 0.717) is 23.6 Å². The molecule has 1 aliphatic rings. The van der Waals surface area contributed by atoms with Crippen LogP contribution in [0.25, 0.3) is 0 Å². The van der Waals surface area contributed by atoms with Gasteiger partial charge in [0.05, 0.1) is 6.04 Å². The molecule has 0 bridgehead atoms. The molecule has 0 aliphatic carbocycles. The van der Waals surface area contributed by atoms with Crippen molar-refractivity contribution in [2.24, 2.45) is 0 Å². The number of carbonyl (C=O) groups excluding carboxylic acids is 1. The van der Waals surface area contributed by atoms with Crippen LogP contribution in [-0.2, 0) is 6.54 Å². The first-order valence-electron chi connectivity index (χ1n) is 7.49. The van der Waals surface area contributed by atoms with Crippen molar-refractivity contribution < 1.29 is 14.3 Å². The summed E-state index contributed by atoms with van der Waals surface area (Å²) in [6.07, 6.45) is 0.736. The van der Waals surface area contributed by atoms with Crippen molar-refractivity contribution in [2.75, 3.05) is 6.79 Å². The Bertz CT molecular complexity index is 661. The van der Waals surface area contributed by atoms with E-state index in [2.05, 4.69) is 5.32 Å². The van der Waals surface area contributed by atoms with Crippen molar-refractivity contribution in [3.63, 3.8) is 0 Å².